The van der Waals surface area contributed by atoms with Gasteiger partial charge in [-0.15, -0.1) is 0 Å². The minimum atomic E-state index is 0.392. The van der Waals surface area contributed by atoms with Gasteiger partial charge in [0.2, 0.25) is 0 Å². The molecule has 3 heteroatoms. The largest absolute Gasteiger partial charge is 0.488 e. The van der Waals surface area contributed by atoms with Gasteiger partial charge in [-0.25, -0.2) is 0 Å². The number of ether oxygens (including phenoxy) is 1. The van der Waals surface area contributed by atoms with E-state index >= 15 is 0 Å². The fourth-order valence-electron chi connectivity index (χ4n) is 2.58. The Bertz CT molecular complexity index is 386. The molecule has 1 saturated carbocycles. The second kappa shape index (κ2) is 7.49. The summed E-state index contributed by atoms with van der Waals surface area (Å²) in [4.78, 5) is 4.62. The zero-order chi connectivity index (χ0) is 13.5. The summed E-state index contributed by atoms with van der Waals surface area (Å²) in [5.74, 6) is 0.973. The minimum Gasteiger partial charge on any atom is -0.488 e. The first-order chi connectivity index (χ1) is 9.29. The molecular formula is C16H26N2O. The molecule has 0 amide bonds. The van der Waals surface area contributed by atoms with Gasteiger partial charge < -0.3 is 10.1 Å². The molecule has 0 atom stereocenters. The molecule has 0 unspecified atom stereocenters. The summed E-state index contributed by atoms with van der Waals surface area (Å²) >= 11 is 0. The SMILES string of the molecule is CCCNCc1nc(C)ccc1OC1CCCCC1. The summed E-state index contributed by atoms with van der Waals surface area (Å²) in [5, 5.41) is 3.41. The lowest BCUT2D eigenvalue weighted by atomic mass is 9.98. The average Bonchev–Trinajstić information content (AvgIpc) is 2.43. The molecule has 0 aromatic carbocycles. The molecule has 106 valence electrons. The Labute approximate surface area is 116 Å². The zero-order valence-corrected chi connectivity index (χ0v) is 12.2. The summed E-state index contributed by atoms with van der Waals surface area (Å²) < 4.78 is 6.17. The molecule has 1 aromatic rings. The Hall–Kier alpha value is -1.09. The minimum absolute atomic E-state index is 0.392. The zero-order valence-electron chi connectivity index (χ0n) is 12.2. The molecule has 1 N–H and O–H groups in total. The van der Waals surface area contributed by atoms with Crippen molar-refractivity contribution < 1.29 is 4.74 Å². The van der Waals surface area contributed by atoms with Crippen molar-refractivity contribution in [2.75, 3.05) is 6.54 Å². The second-order valence-corrected chi connectivity index (χ2v) is 5.45. The van der Waals surface area contributed by atoms with E-state index < -0.39 is 0 Å². The topological polar surface area (TPSA) is 34.2 Å². The van der Waals surface area contributed by atoms with Crippen LogP contribution in [0.2, 0.25) is 0 Å². The third-order valence-corrected chi connectivity index (χ3v) is 3.64. The van der Waals surface area contributed by atoms with Crippen LogP contribution in [0.3, 0.4) is 0 Å². The number of hydrogen-bond donors (Lipinski definition) is 1. The van der Waals surface area contributed by atoms with Gasteiger partial charge in [0.25, 0.3) is 0 Å². The molecule has 1 aliphatic carbocycles. The molecule has 1 aliphatic rings. The van der Waals surface area contributed by atoms with Gasteiger partial charge >= 0.3 is 0 Å². The number of nitrogens with one attached hydrogen (secondary N) is 1. The van der Waals surface area contributed by atoms with Gasteiger partial charge in [0.15, 0.2) is 0 Å². The monoisotopic (exact) mass is 262 g/mol. The standard InChI is InChI=1S/C16H26N2O/c1-3-11-17-12-15-16(10-9-13(2)18-15)19-14-7-5-4-6-8-14/h9-10,14,17H,3-8,11-12H2,1-2H3. The predicted molar refractivity (Wildman–Crippen MR) is 78.5 cm³/mol. The number of rotatable bonds is 6. The Morgan fingerprint density at radius 3 is 2.79 bits per heavy atom. The normalized spacial score (nSPS) is 16.5. The lowest BCUT2D eigenvalue weighted by molar-refractivity contribution is 0.152. The Morgan fingerprint density at radius 1 is 1.26 bits per heavy atom. The molecule has 2 rings (SSSR count). The van der Waals surface area contributed by atoms with Crippen molar-refractivity contribution >= 4 is 0 Å². The van der Waals surface area contributed by atoms with Crippen molar-refractivity contribution in [3.63, 3.8) is 0 Å². The fourth-order valence-corrected chi connectivity index (χ4v) is 2.58. The van der Waals surface area contributed by atoms with E-state index in [9.17, 15) is 0 Å². The van der Waals surface area contributed by atoms with Gasteiger partial charge in [0, 0.05) is 12.2 Å². The molecule has 0 spiro atoms. The van der Waals surface area contributed by atoms with Crippen molar-refractivity contribution in [1.29, 1.82) is 0 Å². The van der Waals surface area contributed by atoms with Crippen LogP contribution in [-0.4, -0.2) is 17.6 Å². The first-order valence-electron chi connectivity index (χ1n) is 7.63. The first kappa shape index (κ1) is 14.3. The highest BCUT2D eigenvalue weighted by molar-refractivity contribution is 5.29. The summed E-state index contributed by atoms with van der Waals surface area (Å²) in [6.07, 6.45) is 7.87. The summed E-state index contributed by atoms with van der Waals surface area (Å²) in [6, 6.07) is 4.13. The molecule has 0 aliphatic heterocycles. The van der Waals surface area contributed by atoms with Crippen molar-refractivity contribution in [2.45, 2.75) is 65.0 Å². The molecule has 3 nitrogen and oxygen atoms in total. The summed E-state index contributed by atoms with van der Waals surface area (Å²) in [6.45, 7) is 6.04. The van der Waals surface area contributed by atoms with Crippen LogP contribution < -0.4 is 10.1 Å². The quantitative estimate of drug-likeness (QED) is 0.795. The maximum Gasteiger partial charge on any atom is 0.142 e. The average molecular weight is 262 g/mol. The van der Waals surface area contributed by atoms with Crippen LogP contribution in [0.15, 0.2) is 12.1 Å². The summed E-state index contributed by atoms with van der Waals surface area (Å²) in [7, 11) is 0. The van der Waals surface area contributed by atoms with Crippen molar-refractivity contribution in [1.82, 2.24) is 10.3 Å². The van der Waals surface area contributed by atoms with E-state index in [-0.39, 0.29) is 0 Å². The third kappa shape index (κ3) is 4.50. The van der Waals surface area contributed by atoms with E-state index in [1.807, 2.05) is 13.0 Å². The predicted octanol–water partition coefficient (Wildman–Crippen LogP) is 3.60. The Kier molecular flexibility index (Phi) is 5.64. The molecular weight excluding hydrogens is 236 g/mol. The van der Waals surface area contributed by atoms with Gasteiger partial charge in [-0.3, -0.25) is 4.98 Å². The van der Waals surface area contributed by atoms with Crippen molar-refractivity contribution in [3.8, 4) is 5.75 Å². The van der Waals surface area contributed by atoms with Crippen LogP contribution in [0.5, 0.6) is 5.75 Å². The van der Waals surface area contributed by atoms with Crippen LogP contribution in [0.4, 0.5) is 0 Å². The lowest BCUT2D eigenvalue weighted by Crippen LogP contribution is -2.22. The molecule has 0 saturated heterocycles. The van der Waals surface area contributed by atoms with Gasteiger partial charge in [-0.1, -0.05) is 13.3 Å². The van der Waals surface area contributed by atoms with E-state index in [1.165, 1.54) is 32.1 Å². The van der Waals surface area contributed by atoms with Crippen LogP contribution >= 0.6 is 0 Å². The number of hydrogen-bond acceptors (Lipinski definition) is 3. The van der Waals surface area contributed by atoms with Crippen LogP contribution in [0, 0.1) is 6.92 Å². The van der Waals surface area contributed by atoms with E-state index in [0.29, 0.717) is 6.10 Å². The number of pyridine rings is 1. The molecule has 1 heterocycles. The molecule has 1 aromatic heterocycles. The lowest BCUT2D eigenvalue weighted by Gasteiger charge is -2.24. The smallest absolute Gasteiger partial charge is 0.142 e. The maximum absolute atomic E-state index is 6.17. The third-order valence-electron chi connectivity index (χ3n) is 3.64. The maximum atomic E-state index is 6.17. The van der Waals surface area contributed by atoms with E-state index in [0.717, 1.165) is 36.6 Å². The van der Waals surface area contributed by atoms with E-state index in [2.05, 4.69) is 23.3 Å². The second-order valence-electron chi connectivity index (χ2n) is 5.45. The van der Waals surface area contributed by atoms with Gasteiger partial charge in [-0.2, -0.15) is 0 Å². The highest BCUT2D eigenvalue weighted by Crippen LogP contribution is 2.25. The molecule has 0 radical (unpaired) electrons. The number of nitrogens with zero attached hydrogens (tertiary/aromatic N) is 1. The Balaban J connectivity index is 2.00. The van der Waals surface area contributed by atoms with Crippen LogP contribution in [-0.2, 0) is 6.54 Å². The Morgan fingerprint density at radius 2 is 2.05 bits per heavy atom. The van der Waals surface area contributed by atoms with Crippen molar-refractivity contribution in [3.05, 3.63) is 23.5 Å². The molecule has 1 fully saturated rings. The van der Waals surface area contributed by atoms with E-state index in [1.54, 1.807) is 0 Å². The highest BCUT2D eigenvalue weighted by Gasteiger charge is 2.16. The summed E-state index contributed by atoms with van der Waals surface area (Å²) in [5.41, 5.74) is 2.11. The van der Waals surface area contributed by atoms with E-state index in [4.69, 9.17) is 4.74 Å². The molecule has 19 heavy (non-hydrogen) atoms. The first-order valence-corrected chi connectivity index (χ1v) is 7.63. The van der Waals surface area contributed by atoms with Gasteiger partial charge in [0.1, 0.15) is 5.75 Å². The highest BCUT2D eigenvalue weighted by atomic mass is 16.5. The van der Waals surface area contributed by atoms with Gasteiger partial charge in [-0.05, 0) is 57.7 Å². The van der Waals surface area contributed by atoms with Crippen molar-refractivity contribution in [2.24, 2.45) is 0 Å². The number of aryl methyl sites for hydroxylation is 1. The fraction of sp³-hybridized carbons (Fsp3) is 0.688. The number of aromatic nitrogens is 1. The van der Waals surface area contributed by atoms with Crippen LogP contribution in [0.25, 0.3) is 0 Å². The molecule has 0 bridgehead atoms. The van der Waals surface area contributed by atoms with Gasteiger partial charge in [0.05, 0.1) is 11.8 Å². The van der Waals surface area contributed by atoms with Crippen LogP contribution in [0.1, 0.15) is 56.8 Å².